The van der Waals surface area contributed by atoms with Crippen molar-refractivity contribution in [3.05, 3.63) is 35.9 Å². The van der Waals surface area contributed by atoms with Gasteiger partial charge in [-0.1, -0.05) is 30.3 Å². The maximum atomic E-state index is 12.1. The fourth-order valence-corrected chi connectivity index (χ4v) is 3.08. The van der Waals surface area contributed by atoms with Gasteiger partial charge in [0.05, 0.1) is 0 Å². The molecule has 1 aromatic rings. The number of ether oxygens (including phenoxy) is 1. The molecule has 138 valence electrons. The Bertz CT molecular complexity index is 597. The number of carboxylic acid groups (broad SMARTS) is 1. The Kier molecular flexibility index (Phi) is 6.06. The number of aliphatic carboxylic acids is 1. The predicted molar refractivity (Wildman–Crippen MR) is 95.3 cm³/mol. The van der Waals surface area contributed by atoms with Crippen LogP contribution in [-0.4, -0.2) is 46.3 Å². The number of carbonyl (C=O) groups excluding carboxylic acids is 1. The van der Waals surface area contributed by atoms with Gasteiger partial charge in [0.15, 0.2) is 0 Å². The number of nitrogens with zero attached hydrogens (tertiary/aromatic N) is 1. The summed E-state index contributed by atoms with van der Waals surface area (Å²) in [5.74, 6) is -1.00. The lowest BCUT2D eigenvalue weighted by Gasteiger charge is -2.31. The fourth-order valence-electron chi connectivity index (χ4n) is 3.08. The van der Waals surface area contributed by atoms with Crippen LogP contribution in [0.4, 0.5) is 4.79 Å². The van der Waals surface area contributed by atoms with Crippen LogP contribution in [0.5, 0.6) is 0 Å². The third kappa shape index (κ3) is 5.74. The van der Waals surface area contributed by atoms with Crippen LogP contribution >= 0.6 is 0 Å². The lowest BCUT2D eigenvalue weighted by molar-refractivity contribution is -0.145. The molecule has 1 aromatic carbocycles. The van der Waals surface area contributed by atoms with Crippen LogP contribution in [0, 0.1) is 0 Å². The molecule has 25 heavy (non-hydrogen) atoms. The number of hydrogen-bond acceptors (Lipinski definition) is 4. The Labute approximate surface area is 149 Å². The summed E-state index contributed by atoms with van der Waals surface area (Å²) in [5.41, 5.74) is -0.729. The number of rotatable bonds is 4. The van der Waals surface area contributed by atoms with E-state index in [1.807, 2.05) is 18.2 Å². The molecule has 1 saturated heterocycles. The van der Waals surface area contributed by atoms with Gasteiger partial charge in [-0.3, -0.25) is 4.90 Å². The molecular formula is C19H28N2O4. The van der Waals surface area contributed by atoms with Crippen molar-refractivity contribution in [1.82, 2.24) is 10.2 Å². The summed E-state index contributed by atoms with van der Waals surface area (Å²) in [6, 6.07) is 10.1. The van der Waals surface area contributed by atoms with E-state index >= 15 is 0 Å². The van der Waals surface area contributed by atoms with Crippen LogP contribution in [0.2, 0.25) is 0 Å². The van der Waals surface area contributed by atoms with Gasteiger partial charge in [-0.2, -0.15) is 0 Å². The summed E-state index contributed by atoms with van der Waals surface area (Å²) in [4.78, 5) is 26.3. The minimum atomic E-state index is -1.27. The standard InChI is InChI=1S/C19H28N2O4/c1-18(2,3)25-17(24)20-19(16(22)23)10-7-12-21(13-11-19)14-15-8-5-4-6-9-15/h4-6,8-9H,7,10-14H2,1-3H3,(H,20,24)(H,22,23)/t19-/m1/s1. The summed E-state index contributed by atoms with van der Waals surface area (Å²) in [6.07, 6.45) is 0.780. The zero-order valence-electron chi connectivity index (χ0n) is 15.2. The zero-order chi connectivity index (χ0) is 18.5. The highest BCUT2D eigenvalue weighted by Crippen LogP contribution is 2.25. The third-order valence-corrected chi connectivity index (χ3v) is 4.33. The average molecular weight is 348 g/mol. The number of alkyl carbamates (subject to hydrolysis) is 1. The minimum Gasteiger partial charge on any atom is -0.480 e. The van der Waals surface area contributed by atoms with Gasteiger partial charge in [-0.15, -0.1) is 0 Å². The van der Waals surface area contributed by atoms with Crippen LogP contribution in [0.15, 0.2) is 30.3 Å². The topological polar surface area (TPSA) is 78.9 Å². The number of nitrogens with one attached hydrogen (secondary N) is 1. The van der Waals surface area contributed by atoms with E-state index in [9.17, 15) is 14.7 Å². The highest BCUT2D eigenvalue weighted by atomic mass is 16.6. The molecule has 1 aliphatic heterocycles. The van der Waals surface area contributed by atoms with Gasteiger partial charge in [-0.25, -0.2) is 9.59 Å². The van der Waals surface area contributed by atoms with Gasteiger partial charge >= 0.3 is 12.1 Å². The van der Waals surface area contributed by atoms with Crippen molar-refractivity contribution >= 4 is 12.1 Å². The van der Waals surface area contributed by atoms with Crippen molar-refractivity contribution in [3.8, 4) is 0 Å². The van der Waals surface area contributed by atoms with E-state index in [-0.39, 0.29) is 0 Å². The van der Waals surface area contributed by atoms with E-state index in [4.69, 9.17) is 4.74 Å². The summed E-state index contributed by atoms with van der Waals surface area (Å²) < 4.78 is 5.25. The highest BCUT2D eigenvalue weighted by molar-refractivity contribution is 5.84. The number of amides is 1. The van der Waals surface area contributed by atoms with Crippen LogP contribution in [0.25, 0.3) is 0 Å². The van der Waals surface area contributed by atoms with Gasteiger partial charge in [0, 0.05) is 13.1 Å². The molecule has 6 heteroatoms. The van der Waals surface area contributed by atoms with E-state index in [0.29, 0.717) is 25.8 Å². The van der Waals surface area contributed by atoms with E-state index in [2.05, 4.69) is 22.3 Å². The van der Waals surface area contributed by atoms with Crippen molar-refractivity contribution in [2.24, 2.45) is 0 Å². The maximum Gasteiger partial charge on any atom is 0.408 e. The lowest BCUT2D eigenvalue weighted by atomic mass is 9.91. The highest BCUT2D eigenvalue weighted by Gasteiger charge is 2.42. The molecule has 0 aliphatic carbocycles. The molecule has 0 unspecified atom stereocenters. The van der Waals surface area contributed by atoms with E-state index in [1.54, 1.807) is 20.8 Å². The van der Waals surface area contributed by atoms with Gasteiger partial charge in [0.25, 0.3) is 0 Å². The van der Waals surface area contributed by atoms with E-state index < -0.39 is 23.2 Å². The predicted octanol–water partition coefficient (Wildman–Crippen LogP) is 3.02. The van der Waals surface area contributed by atoms with Crippen molar-refractivity contribution in [1.29, 1.82) is 0 Å². The Morgan fingerprint density at radius 1 is 1.20 bits per heavy atom. The van der Waals surface area contributed by atoms with Crippen molar-refractivity contribution in [2.45, 2.75) is 57.7 Å². The van der Waals surface area contributed by atoms with Crippen LogP contribution in [-0.2, 0) is 16.1 Å². The second kappa shape index (κ2) is 7.87. The molecule has 2 N–H and O–H groups in total. The fraction of sp³-hybridized carbons (Fsp3) is 0.579. The van der Waals surface area contributed by atoms with Gasteiger partial charge in [0.2, 0.25) is 0 Å². The number of benzene rings is 1. The molecule has 0 saturated carbocycles. The molecule has 1 aliphatic rings. The average Bonchev–Trinajstić information content (AvgIpc) is 2.70. The summed E-state index contributed by atoms with van der Waals surface area (Å²) in [5, 5.41) is 12.4. The SMILES string of the molecule is CC(C)(C)OC(=O)N[C@]1(C(=O)O)CCCN(Cc2ccccc2)CC1. The monoisotopic (exact) mass is 348 g/mol. The quantitative estimate of drug-likeness (QED) is 0.874. The number of carbonyl (C=O) groups is 2. The molecular weight excluding hydrogens is 320 g/mol. The van der Waals surface area contributed by atoms with Crippen molar-refractivity contribution in [2.75, 3.05) is 13.1 Å². The maximum absolute atomic E-state index is 12.1. The van der Waals surface area contributed by atoms with E-state index in [1.165, 1.54) is 5.56 Å². The molecule has 0 spiro atoms. The van der Waals surface area contributed by atoms with Crippen LogP contribution in [0.1, 0.15) is 45.6 Å². The number of hydrogen-bond donors (Lipinski definition) is 2. The molecule has 1 amide bonds. The molecule has 1 atom stereocenters. The lowest BCUT2D eigenvalue weighted by Crippen LogP contribution is -2.56. The van der Waals surface area contributed by atoms with Crippen molar-refractivity contribution < 1.29 is 19.4 Å². The van der Waals surface area contributed by atoms with Gasteiger partial charge in [-0.05, 0) is 52.1 Å². The Morgan fingerprint density at radius 3 is 2.48 bits per heavy atom. The Hall–Kier alpha value is -2.08. The molecule has 1 heterocycles. The smallest absolute Gasteiger partial charge is 0.408 e. The zero-order valence-corrected chi connectivity index (χ0v) is 15.2. The summed E-state index contributed by atoms with van der Waals surface area (Å²) in [7, 11) is 0. The Balaban J connectivity index is 2.02. The summed E-state index contributed by atoms with van der Waals surface area (Å²) in [6.45, 7) is 7.47. The number of carboxylic acids is 1. The molecule has 6 nitrogen and oxygen atoms in total. The molecule has 2 rings (SSSR count). The minimum absolute atomic E-state index is 0.356. The van der Waals surface area contributed by atoms with Gasteiger partial charge in [0.1, 0.15) is 11.1 Å². The Morgan fingerprint density at radius 2 is 1.88 bits per heavy atom. The molecule has 0 bridgehead atoms. The second-order valence-corrected chi connectivity index (χ2v) is 7.63. The first kappa shape index (κ1) is 19.2. The normalized spacial score (nSPS) is 22.0. The first-order chi connectivity index (χ1) is 11.7. The summed E-state index contributed by atoms with van der Waals surface area (Å²) >= 11 is 0. The largest absolute Gasteiger partial charge is 0.480 e. The third-order valence-electron chi connectivity index (χ3n) is 4.33. The van der Waals surface area contributed by atoms with Crippen LogP contribution < -0.4 is 5.32 Å². The van der Waals surface area contributed by atoms with Crippen LogP contribution in [0.3, 0.4) is 0 Å². The number of likely N-dealkylation sites (tertiary alicyclic amines) is 1. The molecule has 1 fully saturated rings. The first-order valence-electron chi connectivity index (χ1n) is 8.71. The van der Waals surface area contributed by atoms with Crippen molar-refractivity contribution in [3.63, 3.8) is 0 Å². The van der Waals surface area contributed by atoms with Gasteiger partial charge < -0.3 is 15.2 Å². The molecule has 0 radical (unpaired) electrons. The second-order valence-electron chi connectivity index (χ2n) is 7.63. The molecule has 0 aromatic heterocycles. The van der Waals surface area contributed by atoms with E-state index in [0.717, 1.165) is 13.1 Å². The first-order valence-corrected chi connectivity index (χ1v) is 8.71.